The van der Waals surface area contributed by atoms with Crippen molar-refractivity contribution in [1.82, 2.24) is 4.90 Å². The lowest BCUT2D eigenvalue weighted by Crippen LogP contribution is -2.37. The monoisotopic (exact) mass is 334 g/mol. The normalized spacial score (nSPS) is 10.1. The summed E-state index contributed by atoms with van der Waals surface area (Å²) >= 11 is 0. The van der Waals surface area contributed by atoms with Gasteiger partial charge in [0.1, 0.15) is 17.4 Å². The molecule has 0 radical (unpaired) electrons. The molecule has 2 amide bonds. The van der Waals surface area contributed by atoms with Crippen LogP contribution in [0.25, 0.3) is 0 Å². The minimum absolute atomic E-state index is 0.220. The van der Waals surface area contributed by atoms with Crippen LogP contribution in [0.3, 0.4) is 0 Å². The molecule has 1 N–H and O–H groups in total. The van der Waals surface area contributed by atoms with Gasteiger partial charge in [-0.2, -0.15) is 0 Å². The largest absolute Gasteiger partial charge is 0.484 e. The molecule has 0 aliphatic carbocycles. The van der Waals surface area contributed by atoms with E-state index in [4.69, 9.17) is 4.74 Å². The lowest BCUT2D eigenvalue weighted by atomic mass is 10.3. The topological polar surface area (TPSA) is 58.6 Å². The van der Waals surface area contributed by atoms with Crippen molar-refractivity contribution in [2.75, 3.05) is 25.5 Å². The van der Waals surface area contributed by atoms with Gasteiger partial charge in [0.2, 0.25) is 5.91 Å². The van der Waals surface area contributed by atoms with Crippen LogP contribution in [0.1, 0.15) is 0 Å². The molecule has 2 rings (SSSR count). The van der Waals surface area contributed by atoms with E-state index in [1.807, 2.05) is 0 Å². The number of nitrogens with zero attached hydrogens (tertiary/aromatic N) is 1. The SMILES string of the molecule is CN(CC(=O)Nc1cccc(F)c1)C(=O)COc1cccc(F)c1. The Labute approximate surface area is 137 Å². The van der Waals surface area contributed by atoms with Crippen LogP contribution in [0.2, 0.25) is 0 Å². The molecule has 0 fully saturated rings. The average Bonchev–Trinajstić information content (AvgIpc) is 2.52. The molecule has 126 valence electrons. The van der Waals surface area contributed by atoms with Gasteiger partial charge in [-0.05, 0) is 30.3 Å². The van der Waals surface area contributed by atoms with Gasteiger partial charge in [0.05, 0.1) is 6.54 Å². The van der Waals surface area contributed by atoms with E-state index >= 15 is 0 Å². The Bertz CT molecular complexity index is 737. The average molecular weight is 334 g/mol. The van der Waals surface area contributed by atoms with Gasteiger partial charge in [-0.3, -0.25) is 9.59 Å². The van der Waals surface area contributed by atoms with Crippen molar-refractivity contribution in [1.29, 1.82) is 0 Å². The molecule has 0 saturated carbocycles. The summed E-state index contributed by atoms with van der Waals surface area (Å²) in [4.78, 5) is 24.9. The third-order valence-corrected chi connectivity index (χ3v) is 3.07. The lowest BCUT2D eigenvalue weighted by Gasteiger charge is -2.17. The van der Waals surface area contributed by atoms with E-state index in [1.165, 1.54) is 49.5 Å². The zero-order valence-electron chi connectivity index (χ0n) is 13.0. The fourth-order valence-corrected chi connectivity index (χ4v) is 1.88. The van der Waals surface area contributed by atoms with Gasteiger partial charge in [-0.1, -0.05) is 12.1 Å². The number of benzene rings is 2. The second-order valence-corrected chi connectivity index (χ2v) is 5.05. The third kappa shape index (κ3) is 5.35. The van der Waals surface area contributed by atoms with Crippen LogP contribution in [0, 0.1) is 11.6 Å². The fraction of sp³-hybridized carbons (Fsp3) is 0.176. The van der Waals surface area contributed by atoms with E-state index in [0.717, 1.165) is 11.0 Å². The van der Waals surface area contributed by atoms with Crippen LogP contribution in [0.5, 0.6) is 5.75 Å². The van der Waals surface area contributed by atoms with Crippen LogP contribution in [-0.4, -0.2) is 36.9 Å². The van der Waals surface area contributed by atoms with Gasteiger partial charge in [-0.15, -0.1) is 0 Å². The van der Waals surface area contributed by atoms with Gasteiger partial charge < -0.3 is 15.0 Å². The number of ether oxygens (including phenoxy) is 1. The molecule has 0 spiro atoms. The van der Waals surface area contributed by atoms with Crippen LogP contribution < -0.4 is 10.1 Å². The molecule has 0 aliphatic heterocycles. The summed E-state index contributed by atoms with van der Waals surface area (Å²) in [6.45, 7) is -0.547. The smallest absolute Gasteiger partial charge is 0.260 e. The van der Waals surface area contributed by atoms with Crippen molar-refractivity contribution >= 4 is 17.5 Å². The van der Waals surface area contributed by atoms with Gasteiger partial charge in [0, 0.05) is 18.8 Å². The molecule has 0 bridgehead atoms. The van der Waals surface area contributed by atoms with Crippen LogP contribution in [0.4, 0.5) is 14.5 Å². The van der Waals surface area contributed by atoms with Crippen LogP contribution in [-0.2, 0) is 9.59 Å². The van der Waals surface area contributed by atoms with Gasteiger partial charge in [0.15, 0.2) is 6.61 Å². The Morgan fingerprint density at radius 3 is 2.42 bits per heavy atom. The van der Waals surface area contributed by atoms with E-state index in [9.17, 15) is 18.4 Å². The highest BCUT2D eigenvalue weighted by molar-refractivity contribution is 5.94. The first-order valence-electron chi connectivity index (χ1n) is 7.12. The number of likely N-dealkylation sites (N-methyl/N-ethyl adjacent to an activating group) is 1. The molecular weight excluding hydrogens is 318 g/mol. The molecule has 0 aliphatic rings. The number of carbonyl (C=O) groups excluding carboxylic acids is 2. The molecule has 2 aromatic carbocycles. The standard InChI is InChI=1S/C17H16F2N2O3/c1-21(10-16(22)20-14-6-2-4-12(18)8-14)17(23)11-24-15-7-3-5-13(19)9-15/h2-9H,10-11H2,1H3,(H,20,22). The number of amides is 2. The Morgan fingerprint density at radius 2 is 1.75 bits per heavy atom. The van der Waals surface area contributed by atoms with Crippen molar-refractivity contribution < 1.29 is 23.1 Å². The highest BCUT2D eigenvalue weighted by Crippen LogP contribution is 2.12. The molecule has 0 aromatic heterocycles. The maximum absolute atomic E-state index is 13.0. The van der Waals surface area contributed by atoms with E-state index in [1.54, 1.807) is 0 Å². The Balaban J connectivity index is 1.81. The summed E-state index contributed by atoms with van der Waals surface area (Å²) in [6, 6.07) is 10.8. The predicted molar refractivity (Wildman–Crippen MR) is 84.6 cm³/mol. The molecule has 24 heavy (non-hydrogen) atoms. The van der Waals surface area contributed by atoms with Crippen molar-refractivity contribution in [3.8, 4) is 5.75 Å². The summed E-state index contributed by atoms with van der Waals surface area (Å²) in [5, 5.41) is 2.49. The van der Waals surface area contributed by atoms with Gasteiger partial charge >= 0.3 is 0 Å². The van der Waals surface area contributed by atoms with Crippen molar-refractivity contribution in [2.45, 2.75) is 0 Å². The summed E-state index contributed by atoms with van der Waals surface area (Å²) in [7, 11) is 1.43. The maximum Gasteiger partial charge on any atom is 0.260 e. The van der Waals surface area contributed by atoms with E-state index in [0.29, 0.717) is 5.69 Å². The fourth-order valence-electron chi connectivity index (χ4n) is 1.88. The molecule has 7 heteroatoms. The number of nitrogens with one attached hydrogen (secondary N) is 1. The lowest BCUT2D eigenvalue weighted by molar-refractivity contribution is -0.135. The zero-order valence-corrected chi connectivity index (χ0v) is 13.0. The van der Waals surface area contributed by atoms with Gasteiger partial charge in [0.25, 0.3) is 5.91 Å². The zero-order chi connectivity index (χ0) is 17.5. The Kier molecular flexibility index (Phi) is 5.83. The highest BCUT2D eigenvalue weighted by atomic mass is 19.1. The molecule has 0 atom stereocenters. The van der Waals surface area contributed by atoms with Crippen molar-refractivity contribution in [2.24, 2.45) is 0 Å². The molecular formula is C17H16F2N2O3. The van der Waals surface area contributed by atoms with Crippen LogP contribution >= 0.6 is 0 Å². The van der Waals surface area contributed by atoms with E-state index in [-0.39, 0.29) is 18.9 Å². The number of hydrogen-bond donors (Lipinski definition) is 1. The minimum atomic E-state index is -0.472. The minimum Gasteiger partial charge on any atom is -0.484 e. The molecule has 5 nitrogen and oxygen atoms in total. The quantitative estimate of drug-likeness (QED) is 0.883. The summed E-state index contributed by atoms with van der Waals surface area (Å²) in [5.74, 6) is -1.64. The second-order valence-electron chi connectivity index (χ2n) is 5.05. The molecule has 2 aromatic rings. The molecule has 0 heterocycles. The van der Waals surface area contributed by atoms with Gasteiger partial charge in [-0.25, -0.2) is 8.78 Å². The summed E-state index contributed by atoms with van der Waals surface area (Å²) < 4.78 is 31.2. The Morgan fingerprint density at radius 1 is 1.08 bits per heavy atom. The number of anilines is 1. The van der Waals surface area contributed by atoms with E-state index < -0.39 is 23.4 Å². The first kappa shape index (κ1) is 17.4. The summed E-state index contributed by atoms with van der Waals surface area (Å²) in [5.41, 5.74) is 0.303. The third-order valence-electron chi connectivity index (χ3n) is 3.07. The summed E-state index contributed by atoms with van der Waals surface area (Å²) in [6.07, 6.45) is 0. The maximum atomic E-state index is 13.0. The number of rotatable bonds is 6. The predicted octanol–water partition coefficient (Wildman–Crippen LogP) is 2.44. The highest BCUT2D eigenvalue weighted by Gasteiger charge is 2.14. The number of carbonyl (C=O) groups is 2. The Hall–Kier alpha value is -2.96. The molecule has 0 saturated heterocycles. The first-order chi connectivity index (χ1) is 11.4. The van der Waals surface area contributed by atoms with Crippen molar-refractivity contribution in [3.63, 3.8) is 0 Å². The van der Waals surface area contributed by atoms with Crippen LogP contribution in [0.15, 0.2) is 48.5 Å². The van der Waals surface area contributed by atoms with Crippen molar-refractivity contribution in [3.05, 3.63) is 60.2 Å². The molecule has 0 unspecified atom stereocenters. The number of halogens is 2. The first-order valence-corrected chi connectivity index (χ1v) is 7.12. The second kappa shape index (κ2) is 8.05. The van der Waals surface area contributed by atoms with E-state index in [2.05, 4.69) is 5.32 Å². The number of hydrogen-bond acceptors (Lipinski definition) is 3.